The Hall–Kier alpha value is -1.43. The van der Waals surface area contributed by atoms with Crippen LogP contribution in [0.4, 0.5) is 11.4 Å². The summed E-state index contributed by atoms with van der Waals surface area (Å²) < 4.78 is 0.619. The Bertz CT molecular complexity index is 440. The summed E-state index contributed by atoms with van der Waals surface area (Å²) in [6.45, 7) is 0. The minimum Gasteiger partial charge on any atom is -0.375 e. The summed E-state index contributed by atoms with van der Waals surface area (Å²) in [4.78, 5) is 14.2. The van der Waals surface area contributed by atoms with E-state index >= 15 is 0 Å². The average Bonchev–Trinajstić information content (AvgIpc) is 2.73. The first-order valence-corrected chi connectivity index (χ1v) is 5.67. The summed E-state index contributed by atoms with van der Waals surface area (Å²) in [5.41, 5.74) is 0.509. The van der Waals surface area contributed by atoms with Crippen molar-refractivity contribution in [3.8, 4) is 0 Å². The van der Waals surface area contributed by atoms with Crippen LogP contribution in [0.5, 0.6) is 0 Å². The van der Waals surface area contributed by atoms with Crippen LogP contribution in [-0.2, 0) is 0 Å². The second-order valence-corrected chi connectivity index (χ2v) is 4.41. The van der Waals surface area contributed by atoms with E-state index in [2.05, 4.69) is 38.4 Å². The van der Waals surface area contributed by atoms with Crippen LogP contribution in [0.25, 0.3) is 0 Å². The number of hydrogen-bond acceptors (Lipinski definition) is 4. The fourth-order valence-electron chi connectivity index (χ4n) is 1.65. The second kappa shape index (κ2) is 4.61. The number of anilines is 1. The van der Waals surface area contributed by atoms with E-state index in [-0.39, 0.29) is 11.7 Å². The van der Waals surface area contributed by atoms with E-state index in [0.29, 0.717) is 10.2 Å². The molecule has 6 heteroatoms. The van der Waals surface area contributed by atoms with Gasteiger partial charge in [0, 0.05) is 12.2 Å². The largest absolute Gasteiger partial charge is 0.375 e. The van der Waals surface area contributed by atoms with Gasteiger partial charge in [0.2, 0.25) is 0 Å². The minimum absolute atomic E-state index is 0.00118. The van der Waals surface area contributed by atoms with Gasteiger partial charge in [-0.3, -0.25) is 15.1 Å². The van der Waals surface area contributed by atoms with Crippen LogP contribution in [0.2, 0.25) is 0 Å². The summed E-state index contributed by atoms with van der Waals surface area (Å²) in [5, 5.41) is 14.0. The maximum atomic E-state index is 10.8. The van der Waals surface area contributed by atoms with E-state index in [1.807, 2.05) is 0 Å². The van der Waals surface area contributed by atoms with Crippen molar-refractivity contribution in [1.29, 1.82) is 0 Å². The smallest absolute Gasteiger partial charge is 0.311 e. The van der Waals surface area contributed by atoms with E-state index < -0.39 is 4.92 Å². The van der Waals surface area contributed by atoms with Crippen molar-refractivity contribution in [3.05, 3.63) is 39.1 Å². The predicted molar refractivity (Wildman–Crippen MR) is 64.4 cm³/mol. The zero-order valence-corrected chi connectivity index (χ0v) is 9.98. The van der Waals surface area contributed by atoms with Crippen molar-refractivity contribution < 1.29 is 4.92 Å². The number of pyridine rings is 1. The highest BCUT2D eigenvalue weighted by Gasteiger charge is 2.20. The molecule has 1 aromatic heterocycles. The molecular formula is C10H10BrN3O2. The van der Waals surface area contributed by atoms with Crippen LogP contribution in [0.3, 0.4) is 0 Å². The molecule has 1 heterocycles. The molecule has 16 heavy (non-hydrogen) atoms. The quantitative estimate of drug-likeness (QED) is 0.526. The first kappa shape index (κ1) is 11.1. The summed E-state index contributed by atoms with van der Waals surface area (Å²) in [7, 11) is 0. The Morgan fingerprint density at radius 3 is 2.75 bits per heavy atom. The van der Waals surface area contributed by atoms with Crippen LogP contribution in [0.15, 0.2) is 29.0 Å². The molecule has 0 saturated heterocycles. The second-order valence-electron chi connectivity index (χ2n) is 3.56. The molecule has 0 spiro atoms. The molecule has 0 aliphatic heterocycles. The van der Waals surface area contributed by atoms with Gasteiger partial charge >= 0.3 is 5.69 Å². The van der Waals surface area contributed by atoms with Gasteiger partial charge in [-0.05, 0) is 28.8 Å². The number of nitro groups is 1. The SMILES string of the molecule is O=[N+]([O-])c1cncc(Br)c1NC1CC=CC1. The lowest BCUT2D eigenvalue weighted by molar-refractivity contribution is -0.384. The topological polar surface area (TPSA) is 68.1 Å². The van der Waals surface area contributed by atoms with Crippen LogP contribution in [0.1, 0.15) is 12.8 Å². The highest BCUT2D eigenvalue weighted by atomic mass is 79.9. The molecule has 0 aromatic carbocycles. The van der Waals surface area contributed by atoms with Crippen molar-refractivity contribution in [3.63, 3.8) is 0 Å². The molecule has 5 nitrogen and oxygen atoms in total. The molecule has 84 valence electrons. The molecule has 1 N–H and O–H groups in total. The van der Waals surface area contributed by atoms with Gasteiger partial charge in [0.05, 0.1) is 9.40 Å². The fourth-order valence-corrected chi connectivity index (χ4v) is 2.08. The van der Waals surface area contributed by atoms with E-state index in [0.717, 1.165) is 12.8 Å². The van der Waals surface area contributed by atoms with Gasteiger partial charge in [-0.25, -0.2) is 0 Å². The van der Waals surface area contributed by atoms with E-state index in [4.69, 9.17) is 0 Å². The Balaban J connectivity index is 2.27. The van der Waals surface area contributed by atoms with Crippen molar-refractivity contribution in [2.75, 3.05) is 5.32 Å². The summed E-state index contributed by atoms with van der Waals surface area (Å²) in [6.07, 6.45) is 8.74. The van der Waals surface area contributed by atoms with Crippen LogP contribution >= 0.6 is 15.9 Å². The lowest BCUT2D eigenvalue weighted by Crippen LogP contribution is -2.16. The van der Waals surface area contributed by atoms with Gasteiger partial charge in [-0.1, -0.05) is 12.2 Å². The van der Waals surface area contributed by atoms with Gasteiger partial charge in [-0.2, -0.15) is 0 Å². The lowest BCUT2D eigenvalue weighted by atomic mass is 10.2. The van der Waals surface area contributed by atoms with E-state index in [1.165, 1.54) is 6.20 Å². The number of rotatable bonds is 3. The van der Waals surface area contributed by atoms with E-state index in [1.54, 1.807) is 6.20 Å². The molecule has 1 aliphatic carbocycles. The first-order chi connectivity index (χ1) is 7.68. The zero-order chi connectivity index (χ0) is 11.5. The zero-order valence-electron chi connectivity index (χ0n) is 8.39. The van der Waals surface area contributed by atoms with Gasteiger partial charge in [0.1, 0.15) is 11.9 Å². The van der Waals surface area contributed by atoms with Crippen molar-refractivity contribution in [2.45, 2.75) is 18.9 Å². The number of nitrogens with zero attached hydrogens (tertiary/aromatic N) is 2. The monoisotopic (exact) mass is 283 g/mol. The Labute approximate surface area is 101 Å². The Morgan fingerprint density at radius 2 is 2.12 bits per heavy atom. The Morgan fingerprint density at radius 1 is 1.44 bits per heavy atom. The fraction of sp³-hybridized carbons (Fsp3) is 0.300. The summed E-state index contributed by atoms with van der Waals surface area (Å²) >= 11 is 3.27. The average molecular weight is 284 g/mol. The normalized spacial score (nSPS) is 15.3. The van der Waals surface area contributed by atoms with Gasteiger partial charge in [0.15, 0.2) is 0 Å². The van der Waals surface area contributed by atoms with Gasteiger partial charge in [-0.15, -0.1) is 0 Å². The lowest BCUT2D eigenvalue weighted by Gasteiger charge is -2.14. The van der Waals surface area contributed by atoms with Gasteiger partial charge < -0.3 is 5.32 Å². The van der Waals surface area contributed by atoms with Crippen molar-refractivity contribution >= 4 is 27.3 Å². The molecule has 2 rings (SSSR count). The summed E-state index contributed by atoms with van der Waals surface area (Å²) in [5.74, 6) is 0. The number of aromatic nitrogens is 1. The molecule has 0 atom stereocenters. The molecule has 0 saturated carbocycles. The van der Waals surface area contributed by atoms with Gasteiger partial charge in [0.25, 0.3) is 0 Å². The third kappa shape index (κ3) is 2.21. The summed E-state index contributed by atoms with van der Waals surface area (Å²) in [6, 6.07) is 0.234. The molecule has 0 amide bonds. The third-order valence-corrected chi connectivity index (χ3v) is 3.03. The van der Waals surface area contributed by atoms with Crippen molar-refractivity contribution in [2.24, 2.45) is 0 Å². The maximum absolute atomic E-state index is 10.8. The highest BCUT2D eigenvalue weighted by molar-refractivity contribution is 9.10. The van der Waals surface area contributed by atoms with Crippen LogP contribution in [0, 0.1) is 10.1 Å². The number of halogens is 1. The van der Waals surface area contributed by atoms with Crippen LogP contribution < -0.4 is 5.32 Å². The Kier molecular flexibility index (Phi) is 3.19. The molecule has 1 aliphatic rings. The van der Waals surface area contributed by atoms with Crippen molar-refractivity contribution in [1.82, 2.24) is 4.98 Å². The number of hydrogen-bond donors (Lipinski definition) is 1. The predicted octanol–water partition coefficient (Wildman–Crippen LogP) is 2.88. The highest BCUT2D eigenvalue weighted by Crippen LogP contribution is 2.32. The molecule has 0 unspecified atom stereocenters. The number of nitrogens with one attached hydrogen (secondary N) is 1. The third-order valence-electron chi connectivity index (χ3n) is 2.43. The molecule has 0 radical (unpaired) electrons. The molecule has 0 bridgehead atoms. The minimum atomic E-state index is -0.428. The van der Waals surface area contributed by atoms with E-state index in [9.17, 15) is 10.1 Å². The molecule has 0 fully saturated rings. The maximum Gasteiger partial charge on any atom is 0.311 e. The standard InChI is InChI=1S/C10H10BrN3O2/c11-8-5-12-6-9(14(15)16)10(8)13-7-3-1-2-4-7/h1-2,5-7H,3-4H2,(H,12,13). The van der Waals surface area contributed by atoms with Crippen LogP contribution in [-0.4, -0.2) is 15.9 Å². The first-order valence-electron chi connectivity index (χ1n) is 4.88. The molecular weight excluding hydrogens is 274 g/mol. The molecule has 1 aromatic rings.